The first kappa shape index (κ1) is 17.7. The SMILES string of the molecule is CC(C)(C)C(=O)NCCCC(=O)Nc1ccc(CC#N)cc1. The number of rotatable bonds is 6. The van der Waals surface area contributed by atoms with Gasteiger partial charge in [0.1, 0.15) is 0 Å². The monoisotopic (exact) mass is 301 g/mol. The minimum absolute atomic E-state index is 0.0130. The molecule has 2 amide bonds. The fraction of sp³-hybridized carbons (Fsp3) is 0.471. The molecule has 0 aliphatic rings. The van der Waals surface area contributed by atoms with Gasteiger partial charge in [0.25, 0.3) is 0 Å². The zero-order valence-corrected chi connectivity index (χ0v) is 13.4. The smallest absolute Gasteiger partial charge is 0.225 e. The van der Waals surface area contributed by atoms with E-state index in [1.165, 1.54) is 0 Å². The summed E-state index contributed by atoms with van der Waals surface area (Å²) in [4.78, 5) is 23.4. The van der Waals surface area contributed by atoms with Crippen LogP contribution in [0.3, 0.4) is 0 Å². The molecule has 5 nitrogen and oxygen atoms in total. The summed E-state index contributed by atoms with van der Waals surface area (Å²) in [5.41, 5.74) is 1.23. The fourth-order valence-electron chi connectivity index (χ4n) is 1.74. The molecule has 5 heteroatoms. The van der Waals surface area contributed by atoms with Crippen molar-refractivity contribution in [3.05, 3.63) is 29.8 Å². The number of amides is 2. The molecule has 0 aliphatic heterocycles. The van der Waals surface area contributed by atoms with Crippen molar-refractivity contribution in [2.24, 2.45) is 5.41 Å². The van der Waals surface area contributed by atoms with Crippen LogP contribution in [-0.4, -0.2) is 18.4 Å². The van der Waals surface area contributed by atoms with E-state index >= 15 is 0 Å². The maximum absolute atomic E-state index is 11.8. The van der Waals surface area contributed by atoms with Crippen molar-refractivity contribution in [1.29, 1.82) is 5.26 Å². The van der Waals surface area contributed by atoms with E-state index in [1.54, 1.807) is 12.1 Å². The topological polar surface area (TPSA) is 82.0 Å². The highest BCUT2D eigenvalue weighted by Crippen LogP contribution is 2.12. The Hall–Kier alpha value is -2.35. The zero-order valence-electron chi connectivity index (χ0n) is 13.4. The molecular weight excluding hydrogens is 278 g/mol. The Morgan fingerprint density at radius 3 is 2.36 bits per heavy atom. The third-order valence-corrected chi connectivity index (χ3v) is 3.07. The normalized spacial score (nSPS) is 10.6. The Labute approximate surface area is 131 Å². The standard InChI is InChI=1S/C17H23N3O2/c1-17(2,3)16(22)19-12-4-5-15(21)20-14-8-6-13(7-9-14)10-11-18/h6-9H,4-5,10,12H2,1-3H3,(H,19,22)(H,20,21). The summed E-state index contributed by atoms with van der Waals surface area (Å²) >= 11 is 0. The van der Waals surface area contributed by atoms with Gasteiger partial charge in [-0.3, -0.25) is 9.59 Å². The predicted molar refractivity (Wildman–Crippen MR) is 86.1 cm³/mol. The minimum Gasteiger partial charge on any atom is -0.356 e. The number of hydrogen-bond donors (Lipinski definition) is 2. The molecular formula is C17H23N3O2. The number of benzene rings is 1. The third kappa shape index (κ3) is 6.40. The van der Waals surface area contributed by atoms with Gasteiger partial charge in [-0.1, -0.05) is 32.9 Å². The summed E-state index contributed by atoms with van der Waals surface area (Å²) in [5.74, 6) is -0.0981. The van der Waals surface area contributed by atoms with E-state index in [0.29, 0.717) is 31.5 Å². The molecule has 1 rings (SSSR count). The van der Waals surface area contributed by atoms with Gasteiger partial charge in [-0.25, -0.2) is 0 Å². The van der Waals surface area contributed by atoms with Crippen LogP contribution in [0.1, 0.15) is 39.2 Å². The Morgan fingerprint density at radius 2 is 1.82 bits per heavy atom. The number of nitrogens with one attached hydrogen (secondary N) is 2. The number of anilines is 1. The number of hydrogen-bond acceptors (Lipinski definition) is 3. The summed E-state index contributed by atoms with van der Waals surface area (Å²) in [6.07, 6.45) is 1.31. The zero-order chi connectivity index (χ0) is 16.6. The molecule has 0 saturated heterocycles. The second-order valence-electron chi connectivity index (χ2n) is 6.19. The van der Waals surface area contributed by atoms with Gasteiger partial charge in [-0.2, -0.15) is 5.26 Å². The lowest BCUT2D eigenvalue weighted by molar-refractivity contribution is -0.128. The van der Waals surface area contributed by atoms with Gasteiger partial charge in [-0.05, 0) is 24.1 Å². The molecule has 118 valence electrons. The van der Waals surface area contributed by atoms with Crippen LogP contribution in [0.15, 0.2) is 24.3 Å². The van der Waals surface area contributed by atoms with Crippen molar-refractivity contribution in [2.75, 3.05) is 11.9 Å². The summed E-state index contributed by atoms with van der Waals surface area (Å²) < 4.78 is 0. The van der Waals surface area contributed by atoms with Gasteiger partial charge < -0.3 is 10.6 Å². The van der Waals surface area contributed by atoms with E-state index in [-0.39, 0.29) is 11.8 Å². The first-order valence-electron chi connectivity index (χ1n) is 7.37. The molecule has 0 bridgehead atoms. The predicted octanol–water partition coefficient (Wildman–Crippen LogP) is 2.63. The second-order valence-corrected chi connectivity index (χ2v) is 6.19. The van der Waals surface area contributed by atoms with E-state index in [2.05, 4.69) is 16.7 Å². The van der Waals surface area contributed by atoms with Crippen molar-refractivity contribution in [3.63, 3.8) is 0 Å². The first-order chi connectivity index (χ1) is 10.3. The maximum Gasteiger partial charge on any atom is 0.225 e. The van der Waals surface area contributed by atoms with Gasteiger partial charge in [0.15, 0.2) is 0 Å². The van der Waals surface area contributed by atoms with Crippen LogP contribution >= 0.6 is 0 Å². The van der Waals surface area contributed by atoms with Gasteiger partial charge in [-0.15, -0.1) is 0 Å². The number of carbonyl (C=O) groups is 2. The molecule has 0 aromatic heterocycles. The number of nitrogens with zero attached hydrogens (tertiary/aromatic N) is 1. The van der Waals surface area contributed by atoms with Crippen LogP contribution in [0.5, 0.6) is 0 Å². The first-order valence-corrected chi connectivity index (χ1v) is 7.37. The van der Waals surface area contributed by atoms with Crippen LogP contribution in [0.25, 0.3) is 0 Å². The highest BCUT2D eigenvalue weighted by atomic mass is 16.2. The molecule has 0 radical (unpaired) electrons. The van der Waals surface area contributed by atoms with E-state index in [0.717, 1.165) is 5.56 Å². The lowest BCUT2D eigenvalue weighted by Crippen LogP contribution is -2.35. The van der Waals surface area contributed by atoms with Crippen LogP contribution in [-0.2, 0) is 16.0 Å². The van der Waals surface area contributed by atoms with Crippen molar-refractivity contribution in [3.8, 4) is 6.07 Å². The average molecular weight is 301 g/mol. The molecule has 1 aromatic carbocycles. The lowest BCUT2D eigenvalue weighted by Gasteiger charge is -2.17. The Balaban J connectivity index is 2.29. The van der Waals surface area contributed by atoms with Gasteiger partial charge in [0, 0.05) is 24.1 Å². The largest absolute Gasteiger partial charge is 0.356 e. The van der Waals surface area contributed by atoms with Crippen molar-refractivity contribution < 1.29 is 9.59 Å². The molecule has 0 heterocycles. The van der Waals surface area contributed by atoms with Gasteiger partial charge >= 0.3 is 0 Å². The van der Waals surface area contributed by atoms with Crippen LogP contribution in [0.4, 0.5) is 5.69 Å². The van der Waals surface area contributed by atoms with Crippen molar-refractivity contribution in [2.45, 2.75) is 40.0 Å². The lowest BCUT2D eigenvalue weighted by atomic mass is 9.96. The maximum atomic E-state index is 11.8. The van der Waals surface area contributed by atoms with E-state index < -0.39 is 5.41 Å². The minimum atomic E-state index is -0.409. The highest BCUT2D eigenvalue weighted by Gasteiger charge is 2.20. The van der Waals surface area contributed by atoms with E-state index in [9.17, 15) is 9.59 Å². The molecule has 0 aliphatic carbocycles. The van der Waals surface area contributed by atoms with Crippen LogP contribution in [0, 0.1) is 16.7 Å². The molecule has 0 saturated carbocycles. The van der Waals surface area contributed by atoms with Gasteiger partial charge in [0.05, 0.1) is 12.5 Å². The molecule has 22 heavy (non-hydrogen) atoms. The Bertz CT molecular complexity index is 551. The summed E-state index contributed by atoms with van der Waals surface area (Å²) in [6.45, 7) is 6.05. The summed E-state index contributed by atoms with van der Waals surface area (Å²) in [6, 6.07) is 9.29. The summed E-state index contributed by atoms with van der Waals surface area (Å²) in [5, 5.41) is 14.2. The Morgan fingerprint density at radius 1 is 1.18 bits per heavy atom. The fourth-order valence-corrected chi connectivity index (χ4v) is 1.74. The summed E-state index contributed by atoms with van der Waals surface area (Å²) in [7, 11) is 0. The quantitative estimate of drug-likeness (QED) is 0.792. The molecule has 0 spiro atoms. The Kier molecular flexibility index (Phi) is 6.58. The number of nitriles is 1. The van der Waals surface area contributed by atoms with Crippen molar-refractivity contribution >= 4 is 17.5 Å². The van der Waals surface area contributed by atoms with Crippen molar-refractivity contribution in [1.82, 2.24) is 5.32 Å². The van der Waals surface area contributed by atoms with E-state index in [4.69, 9.17) is 5.26 Å². The highest BCUT2D eigenvalue weighted by molar-refractivity contribution is 5.90. The number of carbonyl (C=O) groups excluding carboxylic acids is 2. The van der Waals surface area contributed by atoms with Gasteiger partial charge in [0.2, 0.25) is 11.8 Å². The molecule has 0 atom stereocenters. The third-order valence-electron chi connectivity index (χ3n) is 3.07. The molecule has 0 fully saturated rings. The van der Waals surface area contributed by atoms with Crippen LogP contribution < -0.4 is 10.6 Å². The molecule has 1 aromatic rings. The second kappa shape index (κ2) is 8.18. The average Bonchev–Trinajstić information content (AvgIpc) is 2.44. The molecule has 2 N–H and O–H groups in total. The molecule has 0 unspecified atom stereocenters. The van der Waals surface area contributed by atoms with E-state index in [1.807, 2.05) is 32.9 Å². The van der Waals surface area contributed by atoms with Crippen LogP contribution in [0.2, 0.25) is 0 Å².